The summed E-state index contributed by atoms with van der Waals surface area (Å²) in [6.45, 7) is 7.18. The number of aromatic nitrogens is 2. The first-order chi connectivity index (χ1) is 7.46. The molecule has 1 aromatic rings. The Balaban J connectivity index is 2.86. The van der Waals surface area contributed by atoms with Crippen molar-refractivity contribution in [2.24, 2.45) is 5.73 Å². The van der Waals surface area contributed by atoms with E-state index in [2.05, 4.69) is 9.97 Å². The Kier molecular flexibility index (Phi) is 4.20. The molecule has 0 fully saturated rings. The lowest BCUT2D eigenvalue weighted by molar-refractivity contribution is 0.0872. The smallest absolute Gasteiger partial charge is 0.225 e. The molecule has 16 heavy (non-hydrogen) atoms. The van der Waals surface area contributed by atoms with Gasteiger partial charge in [0.05, 0.1) is 11.3 Å². The number of hydrogen-bond donors (Lipinski definition) is 2. The fraction of sp³-hybridized carbons (Fsp3) is 0.636. The third kappa shape index (κ3) is 3.75. The Hall–Kier alpha value is -1.20. The SMILES string of the molecule is CCN(CC(C)(C)O)c1nccc(CN)n1. The van der Waals surface area contributed by atoms with Gasteiger partial charge in [-0.2, -0.15) is 0 Å². The lowest BCUT2D eigenvalue weighted by atomic mass is 10.1. The van der Waals surface area contributed by atoms with E-state index < -0.39 is 5.60 Å². The number of likely N-dealkylation sites (N-methyl/N-ethyl adjacent to an activating group) is 1. The van der Waals surface area contributed by atoms with Crippen LogP contribution in [0.15, 0.2) is 12.3 Å². The van der Waals surface area contributed by atoms with Crippen LogP contribution in [-0.4, -0.2) is 33.8 Å². The maximum absolute atomic E-state index is 9.79. The Morgan fingerprint density at radius 2 is 2.19 bits per heavy atom. The van der Waals surface area contributed by atoms with Crippen molar-refractivity contribution in [2.45, 2.75) is 32.9 Å². The minimum Gasteiger partial charge on any atom is -0.389 e. The van der Waals surface area contributed by atoms with Crippen LogP contribution in [0.25, 0.3) is 0 Å². The van der Waals surface area contributed by atoms with Crippen molar-refractivity contribution in [2.75, 3.05) is 18.0 Å². The molecule has 0 atom stereocenters. The molecule has 90 valence electrons. The van der Waals surface area contributed by atoms with Gasteiger partial charge in [-0.15, -0.1) is 0 Å². The number of rotatable bonds is 5. The molecule has 5 nitrogen and oxygen atoms in total. The Bertz CT molecular complexity index is 335. The molecule has 0 aliphatic carbocycles. The molecule has 0 radical (unpaired) electrons. The third-order valence-electron chi connectivity index (χ3n) is 2.15. The third-order valence-corrected chi connectivity index (χ3v) is 2.15. The highest BCUT2D eigenvalue weighted by Gasteiger charge is 2.19. The molecule has 5 heteroatoms. The van der Waals surface area contributed by atoms with Crippen LogP contribution in [-0.2, 0) is 6.54 Å². The number of nitrogens with zero attached hydrogens (tertiary/aromatic N) is 3. The Labute approximate surface area is 96.3 Å². The van der Waals surface area contributed by atoms with Crippen molar-refractivity contribution < 1.29 is 5.11 Å². The zero-order chi connectivity index (χ0) is 12.2. The van der Waals surface area contributed by atoms with Crippen LogP contribution in [0.5, 0.6) is 0 Å². The molecule has 0 aliphatic heterocycles. The quantitative estimate of drug-likeness (QED) is 0.763. The molecular formula is C11H20N4O. The topological polar surface area (TPSA) is 75.3 Å². The van der Waals surface area contributed by atoms with Gasteiger partial charge >= 0.3 is 0 Å². The van der Waals surface area contributed by atoms with Crippen molar-refractivity contribution in [3.63, 3.8) is 0 Å². The van der Waals surface area contributed by atoms with Crippen molar-refractivity contribution in [3.05, 3.63) is 18.0 Å². The largest absolute Gasteiger partial charge is 0.389 e. The van der Waals surface area contributed by atoms with Gasteiger partial charge in [-0.1, -0.05) is 0 Å². The molecule has 0 aliphatic rings. The van der Waals surface area contributed by atoms with Crippen LogP contribution < -0.4 is 10.6 Å². The summed E-state index contributed by atoms with van der Waals surface area (Å²) in [5.41, 5.74) is 5.57. The Morgan fingerprint density at radius 3 is 2.69 bits per heavy atom. The summed E-state index contributed by atoms with van der Waals surface area (Å²) in [6.07, 6.45) is 1.69. The number of aliphatic hydroxyl groups is 1. The highest BCUT2D eigenvalue weighted by molar-refractivity contribution is 5.30. The summed E-state index contributed by atoms with van der Waals surface area (Å²) >= 11 is 0. The molecule has 3 N–H and O–H groups in total. The van der Waals surface area contributed by atoms with Gasteiger partial charge in [-0.05, 0) is 26.8 Å². The summed E-state index contributed by atoms with van der Waals surface area (Å²) in [6, 6.07) is 1.79. The summed E-state index contributed by atoms with van der Waals surface area (Å²) in [7, 11) is 0. The van der Waals surface area contributed by atoms with Crippen LogP contribution >= 0.6 is 0 Å². The van der Waals surface area contributed by atoms with Crippen LogP contribution in [0.4, 0.5) is 5.95 Å². The van der Waals surface area contributed by atoms with Gasteiger partial charge in [0.2, 0.25) is 5.95 Å². The van der Waals surface area contributed by atoms with E-state index in [-0.39, 0.29) is 0 Å². The number of anilines is 1. The van der Waals surface area contributed by atoms with Gasteiger partial charge < -0.3 is 15.7 Å². The van der Waals surface area contributed by atoms with Gasteiger partial charge in [-0.3, -0.25) is 0 Å². The van der Waals surface area contributed by atoms with Gasteiger partial charge in [0.15, 0.2) is 0 Å². The van der Waals surface area contributed by atoms with E-state index in [0.29, 0.717) is 19.0 Å². The van der Waals surface area contributed by atoms with Gasteiger partial charge in [0.25, 0.3) is 0 Å². The lowest BCUT2D eigenvalue weighted by Crippen LogP contribution is -2.39. The molecule has 1 rings (SSSR count). The monoisotopic (exact) mass is 224 g/mol. The summed E-state index contributed by atoms with van der Waals surface area (Å²) < 4.78 is 0. The molecular weight excluding hydrogens is 204 g/mol. The van der Waals surface area contributed by atoms with Crippen LogP contribution in [0.2, 0.25) is 0 Å². The number of nitrogens with two attached hydrogens (primary N) is 1. The second kappa shape index (κ2) is 5.23. The average Bonchev–Trinajstić information content (AvgIpc) is 2.25. The fourth-order valence-corrected chi connectivity index (χ4v) is 1.44. The molecule has 0 saturated carbocycles. The summed E-state index contributed by atoms with van der Waals surface area (Å²) in [5.74, 6) is 0.618. The minimum atomic E-state index is -0.766. The first-order valence-corrected chi connectivity index (χ1v) is 5.45. The van der Waals surface area contributed by atoms with E-state index in [4.69, 9.17) is 5.73 Å². The van der Waals surface area contributed by atoms with Crippen molar-refractivity contribution in [1.82, 2.24) is 9.97 Å². The predicted molar refractivity (Wildman–Crippen MR) is 64.1 cm³/mol. The highest BCUT2D eigenvalue weighted by atomic mass is 16.3. The maximum atomic E-state index is 9.79. The molecule has 1 aromatic heterocycles. The second-order valence-electron chi connectivity index (χ2n) is 4.38. The first kappa shape index (κ1) is 12.9. The number of hydrogen-bond acceptors (Lipinski definition) is 5. The normalized spacial score (nSPS) is 11.6. The predicted octanol–water partition coefficient (Wildman–Crippen LogP) is 0.533. The second-order valence-corrected chi connectivity index (χ2v) is 4.38. The molecule has 0 saturated heterocycles. The summed E-state index contributed by atoms with van der Waals surface area (Å²) in [5, 5.41) is 9.79. The van der Waals surface area contributed by atoms with E-state index in [9.17, 15) is 5.11 Å². The zero-order valence-electron chi connectivity index (χ0n) is 10.1. The standard InChI is InChI=1S/C11H20N4O/c1-4-15(8-11(2,3)16)10-13-6-5-9(7-12)14-10/h5-6,16H,4,7-8,12H2,1-3H3. The summed E-state index contributed by atoms with van der Waals surface area (Å²) in [4.78, 5) is 10.4. The first-order valence-electron chi connectivity index (χ1n) is 5.45. The van der Waals surface area contributed by atoms with E-state index in [1.165, 1.54) is 0 Å². The lowest BCUT2D eigenvalue weighted by Gasteiger charge is -2.28. The van der Waals surface area contributed by atoms with E-state index in [1.54, 1.807) is 26.1 Å². The van der Waals surface area contributed by atoms with Crippen molar-refractivity contribution >= 4 is 5.95 Å². The highest BCUT2D eigenvalue weighted by Crippen LogP contribution is 2.12. The fourth-order valence-electron chi connectivity index (χ4n) is 1.44. The van der Waals surface area contributed by atoms with Gasteiger partial charge in [0.1, 0.15) is 0 Å². The molecule has 0 bridgehead atoms. The molecule has 0 spiro atoms. The van der Waals surface area contributed by atoms with Gasteiger partial charge in [0, 0.05) is 25.8 Å². The van der Waals surface area contributed by atoms with Crippen molar-refractivity contribution in [1.29, 1.82) is 0 Å². The maximum Gasteiger partial charge on any atom is 0.225 e. The van der Waals surface area contributed by atoms with Crippen molar-refractivity contribution in [3.8, 4) is 0 Å². The van der Waals surface area contributed by atoms with Crippen LogP contribution in [0, 0.1) is 0 Å². The zero-order valence-corrected chi connectivity index (χ0v) is 10.1. The molecule has 0 unspecified atom stereocenters. The average molecular weight is 224 g/mol. The molecule has 0 aromatic carbocycles. The van der Waals surface area contributed by atoms with E-state index in [1.807, 2.05) is 11.8 Å². The minimum absolute atomic E-state index is 0.398. The molecule has 0 amide bonds. The van der Waals surface area contributed by atoms with E-state index in [0.717, 1.165) is 12.2 Å². The van der Waals surface area contributed by atoms with Crippen LogP contribution in [0.1, 0.15) is 26.5 Å². The molecule has 1 heterocycles. The van der Waals surface area contributed by atoms with E-state index >= 15 is 0 Å². The Morgan fingerprint density at radius 1 is 1.50 bits per heavy atom. The van der Waals surface area contributed by atoms with Crippen LogP contribution in [0.3, 0.4) is 0 Å². The van der Waals surface area contributed by atoms with Gasteiger partial charge in [-0.25, -0.2) is 9.97 Å².